The normalized spacial score (nSPS) is 10.7. The minimum Gasteiger partial charge on any atom is -0.760 e. The van der Waals surface area contributed by atoms with Gasteiger partial charge in [-0.2, -0.15) is 0 Å². The Morgan fingerprint density at radius 3 is 2.44 bits per heavy atom. The molecule has 3 rings (SSSR count). The van der Waals surface area contributed by atoms with Crippen LogP contribution in [-0.4, -0.2) is 4.98 Å². The Balaban J connectivity index is 2.04. The van der Waals surface area contributed by atoms with E-state index in [1.807, 2.05) is 36.4 Å². The molecule has 3 aromatic rings. The van der Waals surface area contributed by atoms with Crippen molar-refractivity contribution in [1.82, 2.24) is 4.98 Å². The van der Waals surface area contributed by atoms with Gasteiger partial charge in [0.2, 0.25) is 0 Å². The van der Waals surface area contributed by atoms with E-state index < -0.39 is 0 Å². The molecule has 0 aliphatic carbocycles. The minimum atomic E-state index is 0.706. The molecule has 0 bridgehead atoms. The lowest BCUT2D eigenvalue weighted by Crippen LogP contribution is -1.94. The summed E-state index contributed by atoms with van der Waals surface area (Å²) in [7, 11) is 0. The van der Waals surface area contributed by atoms with E-state index in [0.717, 1.165) is 22.9 Å². The van der Waals surface area contributed by atoms with Crippen LogP contribution < -0.4 is 0 Å². The quantitative estimate of drug-likeness (QED) is 0.643. The second-order valence-corrected chi connectivity index (χ2v) is 4.69. The van der Waals surface area contributed by atoms with Crippen molar-refractivity contribution in [2.24, 2.45) is 0 Å². The van der Waals surface area contributed by atoms with Crippen molar-refractivity contribution in [3.05, 3.63) is 71.8 Å². The summed E-state index contributed by atoms with van der Waals surface area (Å²) in [5, 5.41) is 1.86. The molecule has 1 nitrogen and oxygen atoms in total. The Bertz CT molecular complexity index is 677. The van der Waals surface area contributed by atoms with Crippen LogP contribution in [0.1, 0.15) is 11.1 Å². The maximum Gasteiger partial charge on any atom is 0.0683 e. The molecule has 2 heteroatoms. The molecular formula is C16H12NS-. The number of aromatic nitrogens is 1. The van der Waals surface area contributed by atoms with Crippen LogP contribution >= 0.6 is 0 Å². The van der Waals surface area contributed by atoms with Crippen LogP contribution in [0, 0.1) is 0 Å². The summed E-state index contributed by atoms with van der Waals surface area (Å²) in [5.74, 6) is 0. The summed E-state index contributed by atoms with van der Waals surface area (Å²) in [6, 6.07) is 20.6. The number of hydrogen-bond donors (Lipinski definition) is 0. The molecule has 18 heavy (non-hydrogen) atoms. The molecule has 0 radical (unpaired) electrons. The summed E-state index contributed by atoms with van der Waals surface area (Å²) in [4.78, 5) is 4.49. The molecule has 0 spiro atoms. The predicted octanol–water partition coefficient (Wildman–Crippen LogP) is 3.73. The number of benzene rings is 2. The van der Waals surface area contributed by atoms with Crippen molar-refractivity contribution in [2.75, 3.05) is 0 Å². The molecule has 1 aromatic heterocycles. The van der Waals surface area contributed by atoms with E-state index in [1.165, 1.54) is 5.56 Å². The van der Waals surface area contributed by atoms with Gasteiger partial charge in [-0.3, -0.25) is 4.98 Å². The van der Waals surface area contributed by atoms with Gasteiger partial charge in [-0.25, -0.2) is 0 Å². The topological polar surface area (TPSA) is 12.9 Å². The van der Waals surface area contributed by atoms with Gasteiger partial charge in [0.1, 0.15) is 0 Å². The highest BCUT2D eigenvalue weighted by Crippen LogP contribution is 2.19. The number of pyridine rings is 1. The van der Waals surface area contributed by atoms with E-state index in [9.17, 15) is 0 Å². The van der Waals surface area contributed by atoms with Crippen molar-refractivity contribution in [3.63, 3.8) is 0 Å². The third-order valence-electron chi connectivity index (χ3n) is 3.00. The molecule has 2 aromatic carbocycles. The van der Waals surface area contributed by atoms with Gasteiger partial charge in [0.25, 0.3) is 0 Å². The van der Waals surface area contributed by atoms with Crippen LogP contribution in [0.25, 0.3) is 10.9 Å². The predicted molar refractivity (Wildman–Crippen MR) is 76.6 cm³/mol. The van der Waals surface area contributed by atoms with Crippen LogP contribution in [0.4, 0.5) is 0 Å². The Labute approximate surface area is 112 Å². The van der Waals surface area contributed by atoms with Gasteiger partial charge >= 0.3 is 0 Å². The molecule has 88 valence electrons. The summed E-state index contributed by atoms with van der Waals surface area (Å²) < 4.78 is 0. The van der Waals surface area contributed by atoms with Crippen molar-refractivity contribution in [2.45, 2.75) is 11.4 Å². The molecule has 0 amide bonds. The highest BCUT2D eigenvalue weighted by Gasteiger charge is 2.00. The fourth-order valence-corrected chi connectivity index (χ4v) is 2.31. The fourth-order valence-electron chi connectivity index (χ4n) is 2.08. The van der Waals surface area contributed by atoms with E-state index in [2.05, 4.69) is 29.2 Å². The molecule has 0 fully saturated rings. The van der Waals surface area contributed by atoms with Gasteiger partial charge in [-0.15, -0.1) is 0 Å². The number of para-hydroxylation sites is 1. The van der Waals surface area contributed by atoms with Crippen molar-refractivity contribution in [3.8, 4) is 0 Å². The van der Waals surface area contributed by atoms with E-state index in [-0.39, 0.29) is 0 Å². The maximum absolute atomic E-state index is 5.37. The smallest absolute Gasteiger partial charge is 0.0683 e. The lowest BCUT2D eigenvalue weighted by atomic mass is 10.0. The van der Waals surface area contributed by atoms with Gasteiger partial charge in [-0.1, -0.05) is 53.6 Å². The first kappa shape index (κ1) is 11.2. The number of fused-ring (bicyclic) bond motifs is 1. The standard InChI is InChI=1S/C16H13NS/c18-16-14(10-12-6-2-1-3-7-12)11-13-8-4-5-9-15(13)17-16/h1-9,11H,10H2,(H,17,18)/p-1. The third kappa shape index (κ3) is 2.20. The molecule has 0 saturated carbocycles. The lowest BCUT2D eigenvalue weighted by Gasteiger charge is -2.14. The molecule has 0 unspecified atom stereocenters. The summed E-state index contributed by atoms with van der Waals surface area (Å²) in [5.41, 5.74) is 3.36. The second kappa shape index (κ2) is 4.75. The Kier molecular flexibility index (Phi) is 2.95. The van der Waals surface area contributed by atoms with Crippen molar-refractivity contribution < 1.29 is 0 Å². The highest BCUT2D eigenvalue weighted by atomic mass is 32.1. The van der Waals surface area contributed by atoms with Crippen LogP contribution in [-0.2, 0) is 19.0 Å². The van der Waals surface area contributed by atoms with E-state index >= 15 is 0 Å². The van der Waals surface area contributed by atoms with Gasteiger partial charge in [0, 0.05) is 5.39 Å². The first-order valence-corrected chi connectivity index (χ1v) is 6.33. The van der Waals surface area contributed by atoms with Crippen LogP contribution in [0.3, 0.4) is 0 Å². The molecule has 0 aliphatic heterocycles. The number of nitrogens with zero attached hydrogens (tertiary/aromatic N) is 1. The minimum absolute atomic E-state index is 0.706. The zero-order chi connectivity index (χ0) is 12.4. The molecule has 0 N–H and O–H groups in total. The lowest BCUT2D eigenvalue weighted by molar-refractivity contribution is 1.05. The van der Waals surface area contributed by atoms with E-state index in [1.54, 1.807) is 0 Å². The molecule has 0 atom stereocenters. The monoisotopic (exact) mass is 250 g/mol. The largest absolute Gasteiger partial charge is 0.760 e. The van der Waals surface area contributed by atoms with Crippen molar-refractivity contribution >= 4 is 23.5 Å². The summed E-state index contributed by atoms with van der Waals surface area (Å²) in [6.45, 7) is 0. The Morgan fingerprint density at radius 2 is 1.61 bits per heavy atom. The maximum atomic E-state index is 5.37. The van der Waals surface area contributed by atoms with E-state index in [4.69, 9.17) is 12.6 Å². The first-order chi connectivity index (χ1) is 8.83. The molecule has 0 aliphatic rings. The first-order valence-electron chi connectivity index (χ1n) is 5.92. The van der Waals surface area contributed by atoms with Crippen LogP contribution in [0.2, 0.25) is 0 Å². The molecular weight excluding hydrogens is 238 g/mol. The van der Waals surface area contributed by atoms with Gasteiger partial charge < -0.3 is 12.6 Å². The molecule has 1 heterocycles. The Morgan fingerprint density at radius 1 is 0.889 bits per heavy atom. The van der Waals surface area contributed by atoms with Gasteiger partial charge in [-0.05, 0) is 29.7 Å². The zero-order valence-electron chi connectivity index (χ0n) is 9.84. The van der Waals surface area contributed by atoms with E-state index in [0.29, 0.717) is 5.03 Å². The molecule has 0 saturated heterocycles. The van der Waals surface area contributed by atoms with Crippen LogP contribution in [0.5, 0.6) is 0 Å². The Hall–Kier alpha value is -1.93. The second-order valence-electron chi connectivity index (χ2n) is 4.31. The number of rotatable bonds is 2. The zero-order valence-corrected chi connectivity index (χ0v) is 10.7. The summed E-state index contributed by atoms with van der Waals surface area (Å²) >= 11 is 5.37. The fraction of sp³-hybridized carbons (Fsp3) is 0.0625. The van der Waals surface area contributed by atoms with Crippen molar-refractivity contribution in [1.29, 1.82) is 0 Å². The van der Waals surface area contributed by atoms with Gasteiger partial charge in [0.15, 0.2) is 0 Å². The SMILES string of the molecule is [S-]c1nc2ccccc2cc1Cc1ccccc1. The average molecular weight is 250 g/mol. The average Bonchev–Trinajstić information content (AvgIpc) is 2.41. The summed E-state index contributed by atoms with van der Waals surface area (Å²) in [6.07, 6.45) is 0.845. The van der Waals surface area contributed by atoms with Crippen LogP contribution in [0.15, 0.2) is 65.7 Å². The number of hydrogen-bond acceptors (Lipinski definition) is 2. The third-order valence-corrected chi connectivity index (χ3v) is 3.35. The highest BCUT2D eigenvalue weighted by molar-refractivity contribution is 7.58. The van der Waals surface area contributed by atoms with Gasteiger partial charge in [0.05, 0.1) is 5.52 Å².